The number of ether oxygens (including phenoxy) is 2. The summed E-state index contributed by atoms with van der Waals surface area (Å²) in [5.74, 6) is -0.522. The van der Waals surface area contributed by atoms with Gasteiger partial charge in [-0.25, -0.2) is 0 Å². The standard InChI is InChI=1S/C20H24N2O4/c1-4-5-6-14-7-9-15(10-8-14)21-19(23)20(24)22-17-12-11-16(25-2)13-18(17)26-3/h7-13H,4-6H2,1-3H3,(H,21,23)(H,22,24). The van der Waals surface area contributed by atoms with Crippen LogP contribution in [0.4, 0.5) is 11.4 Å². The summed E-state index contributed by atoms with van der Waals surface area (Å²) in [5.41, 5.74) is 2.17. The van der Waals surface area contributed by atoms with Crippen molar-refractivity contribution in [3.63, 3.8) is 0 Å². The van der Waals surface area contributed by atoms with Gasteiger partial charge >= 0.3 is 11.8 Å². The molecule has 0 aliphatic rings. The molecule has 0 aromatic heterocycles. The zero-order valence-electron chi connectivity index (χ0n) is 15.3. The van der Waals surface area contributed by atoms with E-state index in [1.165, 1.54) is 19.8 Å². The van der Waals surface area contributed by atoms with Crippen molar-refractivity contribution >= 4 is 23.2 Å². The minimum atomic E-state index is -0.775. The minimum Gasteiger partial charge on any atom is -0.497 e. The number of hydrogen-bond acceptors (Lipinski definition) is 4. The molecular weight excluding hydrogens is 332 g/mol. The van der Waals surface area contributed by atoms with Crippen LogP contribution in [0, 0.1) is 0 Å². The van der Waals surface area contributed by atoms with Crippen LogP contribution in [0.3, 0.4) is 0 Å². The average Bonchev–Trinajstić information content (AvgIpc) is 2.67. The average molecular weight is 356 g/mol. The van der Waals surface area contributed by atoms with Crippen molar-refractivity contribution in [2.45, 2.75) is 26.2 Å². The van der Waals surface area contributed by atoms with Crippen molar-refractivity contribution < 1.29 is 19.1 Å². The second-order valence-electron chi connectivity index (χ2n) is 5.77. The Hall–Kier alpha value is -3.02. The topological polar surface area (TPSA) is 76.7 Å². The number of anilines is 2. The fourth-order valence-corrected chi connectivity index (χ4v) is 2.40. The van der Waals surface area contributed by atoms with E-state index in [-0.39, 0.29) is 0 Å². The van der Waals surface area contributed by atoms with Gasteiger partial charge in [-0.2, -0.15) is 0 Å². The monoisotopic (exact) mass is 356 g/mol. The van der Waals surface area contributed by atoms with E-state index in [4.69, 9.17) is 9.47 Å². The van der Waals surface area contributed by atoms with Crippen LogP contribution < -0.4 is 20.1 Å². The van der Waals surface area contributed by atoms with E-state index in [0.717, 1.165) is 19.3 Å². The number of carbonyl (C=O) groups excluding carboxylic acids is 2. The number of amides is 2. The Balaban J connectivity index is 1.98. The lowest BCUT2D eigenvalue weighted by Gasteiger charge is -2.11. The third kappa shape index (κ3) is 5.24. The van der Waals surface area contributed by atoms with Gasteiger partial charge in [0, 0.05) is 11.8 Å². The van der Waals surface area contributed by atoms with Crippen LogP contribution in [0.15, 0.2) is 42.5 Å². The minimum absolute atomic E-state index is 0.392. The number of unbranched alkanes of at least 4 members (excludes halogenated alkanes) is 1. The molecule has 2 N–H and O–H groups in total. The van der Waals surface area contributed by atoms with Crippen molar-refractivity contribution in [2.75, 3.05) is 24.9 Å². The highest BCUT2D eigenvalue weighted by molar-refractivity contribution is 6.43. The SMILES string of the molecule is CCCCc1ccc(NC(=O)C(=O)Nc2ccc(OC)cc2OC)cc1. The highest BCUT2D eigenvalue weighted by Gasteiger charge is 2.16. The molecule has 0 radical (unpaired) electrons. The molecular formula is C20H24N2O4. The zero-order chi connectivity index (χ0) is 18.9. The third-order valence-electron chi connectivity index (χ3n) is 3.89. The molecule has 0 fully saturated rings. The van der Waals surface area contributed by atoms with Crippen molar-refractivity contribution in [2.24, 2.45) is 0 Å². The summed E-state index contributed by atoms with van der Waals surface area (Å²) in [5, 5.41) is 5.13. The van der Waals surface area contributed by atoms with Crippen LogP contribution in [-0.4, -0.2) is 26.0 Å². The van der Waals surface area contributed by atoms with E-state index in [1.807, 2.05) is 12.1 Å². The predicted octanol–water partition coefficient (Wildman–Crippen LogP) is 3.62. The van der Waals surface area contributed by atoms with E-state index in [1.54, 1.807) is 30.3 Å². The first-order valence-corrected chi connectivity index (χ1v) is 8.50. The van der Waals surface area contributed by atoms with E-state index in [9.17, 15) is 9.59 Å². The quantitative estimate of drug-likeness (QED) is 0.743. The van der Waals surface area contributed by atoms with Crippen LogP contribution in [0.5, 0.6) is 11.5 Å². The number of aryl methyl sites for hydroxylation is 1. The fourth-order valence-electron chi connectivity index (χ4n) is 2.40. The van der Waals surface area contributed by atoms with E-state index in [2.05, 4.69) is 17.6 Å². The Morgan fingerprint density at radius 2 is 1.62 bits per heavy atom. The van der Waals surface area contributed by atoms with Gasteiger partial charge < -0.3 is 20.1 Å². The molecule has 2 rings (SSSR count). The molecule has 0 bridgehead atoms. The molecule has 0 spiro atoms. The highest BCUT2D eigenvalue weighted by atomic mass is 16.5. The number of rotatable bonds is 7. The normalized spacial score (nSPS) is 10.1. The molecule has 6 nitrogen and oxygen atoms in total. The number of nitrogens with one attached hydrogen (secondary N) is 2. The molecule has 0 heterocycles. The van der Waals surface area contributed by atoms with Crippen LogP contribution in [0.2, 0.25) is 0 Å². The molecule has 2 aromatic carbocycles. The fraction of sp³-hybridized carbons (Fsp3) is 0.300. The van der Waals surface area contributed by atoms with Crippen molar-refractivity contribution in [3.8, 4) is 11.5 Å². The molecule has 6 heteroatoms. The molecule has 0 aliphatic carbocycles. The maximum absolute atomic E-state index is 12.1. The maximum atomic E-state index is 12.1. The predicted molar refractivity (Wildman–Crippen MR) is 102 cm³/mol. The largest absolute Gasteiger partial charge is 0.497 e. The number of methoxy groups -OCH3 is 2. The van der Waals surface area contributed by atoms with E-state index in [0.29, 0.717) is 22.9 Å². The second kappa shape index (κ2) is 9.46. The van der Waals surface area contributed by atoms with Crippen molar-refractivity contribution in [1.29, 1.82) is 0 Å². The summed E-state index contributed by atoms with van der Waals surface area (Å²) in [7, 11) is 3.01. The molecule has 2 amide bonds. The Bertz CT molecular complexity index is 757. The van der Waals surface area contributed by atoms with Gasteiger partial charge in [-0.1, -0.05) is 25.5 Å². The van der Waals surface area contributed by atoms with Gasteiger partial charge in [-0.05, 0) is 42.7 Å². The van der Waals surface area contributed by atoms with E-state index < -0.39 is 11.8 Å². The van der Waals surface area contributed by atoms with Gasteiger partial charge in [0.05, 0.1) is 19.9 Å². The molecule has 0 atom stereocenters. The lowest BCUT2D eigenvalue weighted by Crippen LogP contribution is -2.29. The summed E-state index contributed by atoms with van der Waals surface area (Å²) in [6, 6.07) is 12.4. The van der Waals surface area contributed by atoms with Gasteiger partial charge in [0.25, 0.3) is 0 Å². The summed E-state index contributed by atoms with van der Waals surface area (Å²) in [4.78, 5) is 24.2. The second-order valence-corrected chi connectivity index (χ2v) is 5.77. The van der Waals surface area contributed by atoms with Crippen LogP contribution in [0.1, 0.15) is 25.3 Å². The molecule has 0 unspecified atom stereocenters. The smallest absolute Gasteiger partial charge is 0.314 e. The Morgan fingerprint density at radius 3 is 2.23 bits per heavy atom. The first-order valence-electron chi connectivity index (χ1n) is 8.50. The summed E-state index contributed by atoms with van der Waals surface area (Å²) in [6.45, 7) is 2.14. The van der Waals surface area contributed by atoms with Crippen molar-refractivity contribution in [1.82, 2.24) is 0 Å². The first kappa shape index (κ1) is 19.3. The molecule has 138 valence electrons. The number of carbonyl (C=O) groups is 2. The Kier molecular flexibility index (Phi) is 7.02. The van der Waals surface area contributed by atoms with Gasteiger partial charge in [0.15, 0.2) is 0 Å². The molecule has 0 saturated carbocycles. The Labute approximate surface area is 153 Å². The summed E-state index contributed by atoms with van der Waals surface area (Å²) in [6.07, 6.45) is 3.26. The molecule has 26 heavy (non-hydrogen) atoms. The number of benzene rings is 2. The lowest BCUT2D eigenvalue weighted by atomic mass is 10.1. The lowest BCUT2D eigenvalue weighted by molar-refractivity contribution is -0.133. The highest BCUT2D eigenvalue weighted by Crippen LogP contribution is 2.29. The third-order valence-corrected chi connectivity index (χ3v) is 3.89. The maximum Gasteiger partial charge on any atom is 0.314 e. The zero-order valence-corrected chi connectivity index (χ0v) is 15.3. The van der Waals surface area contributed by atoms with Crippen LogP contribution in [-0.2, 0) is 16.0 Å². The van der Waals surface area contributed by atoms with E-state index >= 15 is 0 Å². The molecule has 0 aliphatic heterocycles. The van der Waals surface area contributed by atoms with Crippen LogP contribution >= 0.6 is 0 Å². The summed E-state index contributed by atoms with van der Waals surface area (Å²) < 4.78 is 10.3. The van der Waals surface area contributed by atoms with Gasteiger partial charge in [-0.15, -0.1) is 0 Å². The van der Waals surface area contributed by atoms with Crippen LogP contribution in [0.25, 0.3) is 0 Å². The van der Waals surface area contributed by atoms with Crippen molar-refractivity contribution in [3.05, 3.63) is 48.0 Å². The van der Waals surface area contributed by atoms with Gasteiger partial charge in [0.2, 0.25) is 0 Å². The first-order chi connectivity index (χ1) is 12.6. The molecule has 2 aromatic rings. The number of hydrogen-bond donors (Lipinski definition) is 2. The summed E-state index contributed by atoms with van der Waals surface area (Å²) >= 11 is 0. The van der Waals surface area contributed by atoms with Gasteiger partial charge in [-0.3, -0.25) is 9.59 Å². The molecule has 0 saturated heterocycles. The van der Waals surface area contributed by atoms with Gasteiger partial charge in [0.1, 0.15) is 11.5 Å². The Morgan fingerprint density at radius 1 is 0.923 bits per heavy atom.